The third-order valence-corrected chi connectivity index (χ3v) is 3.54. The average molecular weight is 308 g/mol. The molecule has 0 unspecified atom stereocenters. The van der Waals surface area contributed by atoms with Gasteiger partial charge in [0.25, 0.3) is 11.6 Å². The Morgan fingerprint density at radius 3 is 2.55 bits per heavy atom. The van der Waals surface area contributed by atoms with Crippen LogP contribution in [0.15, 0.2) is 36.4 Å². The van der Waals surface area contributed by atoms with E-state index in [1.54, 1.807) is 24.3 Å². The van der Waals surface area contributed by atoms with Crippen LogP contribution in [0.1, 0.15) is 0 Å². The zero-order valence-electron chi connectivity index (χ0n) is 9.82. The molecule has 8 heteroatoms. The van der Waals surface area contributed by atoms with Crippen molar-refractivity contribution < 1.29 is 9.66 Å². The van der Waals surface area contributed by atoms with Crippen LogP contribution in [-0.4, -0.2) is 13.7 Å². The van der Waals surface area contributed by atoms with E-state index in [2.05, 4.69) is 8.75 Å². The van der Waals surface area contributed by atoms with E-state index in [0.717, 1.165) is 11.7 Å². The summed E-state index contributed by atoms with van der Waals surface area (Å²) in [5.74, 6) is 0.636. The van der Waals surface area contributed by atoms with Crippen molar-refractivity contribution in [3.8, 4) is 11.6 Å². The molecule has 0 saturated carbocycles. The Morgan fingerprint density at radius 2 is 1.90 bits per heavy atom. The summed E-state index contributed by atoms with van der Waals surface area (Å²) >= 11 is 6.76. The van der Waals surface area contributed by atoms with Crippen LogP contribution in [0.2, 0.25) is 5.15 Å². The van der Waals surface area contributed by atoms with E-state index in [-0.39, 0.29) is 16.7 Å². The molecule has 0 fully saturated rings. The quantitative estimate of drug-likeness (QED) is 0.539. The number of benzene rings is 2. The molecule has 0 bridgehead atoms. The first-order valence-electron chi connectivity index (χ1n) is 5.49. The van der Waals surface area contributed by atoms with Gasteiger partial charge in [-0.2, -0.15) is 4.37 Å². The number of ether oxygens (including phenoxy) is 1. The number of hydrogen-bond donors (Lipinski definition) is 0. The molecule has 1 heterocycles. The van der Waals surface area contributed by atoms with Gasteiger partial charge in [0.05, 0.1) is 22.0 Å². The number of nitro benzene ring substituents is 1. The molecule has 20 heavy (non-hydrogen) atoms. The zero-order chi connectivity index (χ0) is 14.1. The highest BCUT2D eigenvalue weighted by atomic mass is 35.5. The van der Waals surface area contributed by atoms with E-state index in [4.69, 9.17) is 16.3 Å². The molecule has 2 aromatic carbocycles. The number of nitro groups is 1. The molecule has 0 aliphatic carbocycles. The minimum Gasteiger partial charge on any atom is -0.435 e. The summed E-state index contributed by atoms with van der Waals surface area (Å²) in [5.41, 5.74) is 0.0236. The van der Waals surface area contributed by atoms with Crippen LogP contribution in [0.4, 0.5) is 5.69 Å². The van der Waals surface area contributed by atoms with Gasteiger partial charge in [-0.3, -0.25) is 10.1 Å². The smallest absolute Gasteiger partial charge is 0.277 e. The molecule has 100 valence electrons. The van der Waals surface area contributed by atoms with Crippen molar-refractivity contribution in [2.75, 3.05) is 0 Å². The first-order chi connectivity index (χ1) is 9.66. The summed E-state index contributed by atoms with van der Waals surface area (Å²) < 4.78 is 13.3. The van der Waals surface area contributed by atoms with Crippen molar-refractivity contribution in [2.24, 2.45) is 0 Å². The second-order valence-corrected chi connectivity index (χ2v) is 4.73. The van der Waals surface area contributed by atoms with Crippen molar-refractivity contribution in [1.29, 1.82) is 0 Å². The SMILES string of the molecule is O=[N+]([O-])c1ccc(Oc2nsnc2Cl)c2ccccc12. The molecule has 6 nitrogen and oxygen atoms in total. The Kier molecular flexibility index (Phi) is 3.21. The van der Waals surface area contributed by atoms with E-state index < -0.39 is 4.92 Å². The van der Waals surface area contributed by atoms with Crippen molar-refractivity contribution >= 4 is 39.8 Å². The van der Waals surface area contributed by atoms with Gasteiger partial charge >= 0.3 is 0 Å². The van der Waals surface area contributed by atoms with Gasteiger partial charge in [-0.15, -0.1) is 4.37 Å². The lowest BCUT2D eigenvalue weighted by Gasteiger charge is -2.07. The van der Waals surface area contributed by atoms with E-state index in [1.165, 1.54) is 12.1 Å². The maximum absolute atomic E-state index is 11.0. The predicted molar refractivity (Wildman–Crippen MR) is 75.6 cm³/mol. The van der Waals surface area contributed by atoms with E-state index >= 15 is 0 Å². The fraction of sp³-hybridized carbons (Fsp3) is 0. The normalized spacial score (nSPS) is 10.7. The van der Waals surface area contributed by atoms with Gasteiger partial charge in [-0.1, -0.05) is 29.8 Å². The fourth-order valence-electron chi connectivity index (χ4n) is 1.84. The summed E-state index contributed by atoms with van der Waals surface area (Å²) in [5, 5.41) is 12.3. The molecule has 3 rings (SSSR count). The van der Waals surface area contributed by atoms with E-state index in [0.29, 0.717) is 16.5 Å². The van der Waals surface area contributed by atoms with E-state index in [1.807, 2.05) is 0 Å². The Morgan fingerprint density at radius 1 is 1.15 bits per heavy atom. The third-order valence-electron chi connectivity index (χ3n) is 2.69. The van der Waals surface area contributed by atoms with Crippen molar-refractivity contribution in [2.45, 2.75) is 0 Å². The lowest BCUT2D eigenvalue weighted by molar-refractivity contribution is -0.383. The van der Waals surface area contributed by atoms with Gasteiger partial charge in [-0.25, -0.2) is 0 Å². The summed E-state index contributed by atoms with van der Waals surface area (Å²) in [6.45, 7) is 0. The van der Waals surface area contributed by atoms with Gasteiger partial charge in [0.2, 0.25) is 5.15 Å². The van der Waals surface area contributed by atoms with Gasteiger partial charge in [0.15, 0.2) is 0 Å². The van der Waals surface area contributed by atoms with Crippen LogP contribution in [0.3, 0.4) is 0 Å². The predicted octanol–water partition coefficient (Wildman–Crippen LogP) is 4.05. The summed E-state index contributed by atoms with van der Waals surface area (Å²) in [7, 11) is 0. The van der Waals surface area contributed by atoms with Crippen LogP contribution in [0.5, 0.6) is 11.6 Å². The van der Waals surface area contributed by atoms with Crippen molar-refractivity contribution in [3.63, 3.8) is 0 Å². The Labute approximate surface area is 122 Å². The molecular weight excluding hydrogens is 302 g/mol. The van der Waals surface area contributed by atoms with Gasteiger partial charge in [0, 0.05) is 11.5 Å². The average Bonchev–Trinajstić information content (AvgIpc) is 2.84. The third kappa shape index (κ3) is 2.17. The molecule has 0 amide bonds. The number of hydrogen-bond acceptors (Lipinski definition) is 6. The zero-order valence-corrected chi connectivity index (χ0v) is 11.4. The maximum Gasteiger partial charge on any atom is 0.277 e. The van der Waals surface area contributed by atoms with Crippen molar-refractivity contribution in [1.82, 2.24) is 8.75 Å². The molecule has 0 N–H and O–H groups in total. The van der Waals surface area contributed by atoms with Crippen LogP contribution < -0.4 is 4.74 Å². The molecule has 0 aliphatic rings. The van der Waals surface area contributed by atoms with Gasteiger partial charge in [-0.05, 0) is 12.1 Å². The number of nitrogens with zero attached hydrogens (tertiary/aromatic N) is 3. The van der Waals surface area contributed by atoms with Crippen LogP contribution in [0, 0.1) is 10.1 Å². The lowest BCUT2D eigenvalue weighted by Crippen LogP contribution is -1.92. The van der Waals surface area contributed by atoms with Crippen LogP contribution >= 0.6 is 23.3 Å². The number of fused-ring (bicyclic) bond motifs is 1. The largest absolute Gasteiger partial charge is 0.435 e. The molecule has 1 aromatic heterocycles. The Balaban J connectivity index is 2.15. The number of halogens is 1. The monoisotopic (exact) mass is 307 g/mol. The van der Waals surface area contributed by atoms with Gasteiger partial charge in [0.1, 0.15) is 5.75 Å². The minimum atomic E-state index is -0.427. The Hall–Kier alpha value is -2.25. The molecule has 0 aliphatic heterocycles. The van der Waals surface area contributed by atoms with E-state index in [9.17, 15) is 10.1 Å². The second kappa shape index (κ2) is 5.03. The first-order valence-corrected chi connectivity index (χ1v) is 6.59. The lowest BCUT2D eigenvalue weighted by atomic mass is 10.1. The van der Waals surface area contributed by atoms with Crippen molar-refractivity contribution in [3.05, 3.63) is 51.7 Å². The minimum absolute atomic E-state index is 0.0236. The molecule has 3 aromatic rings. The van der Waals surface area contributed by atoms with Gasteiger partial charge < -0.3 is 4.74 Å². The fourth-order valence-corrected chi connectivity index (χ4v) is 2.45. The standard InChI is InChI=1S/C12H6ClN3O3S/c13-11-12(15-20-14-11)19-10-6-5-9(16(17)18)7-3-1-2-4-8(7)10/h1-6H. The molecule has 0 radical (unpaired) electrons. The summed E-state index contributed by atoms with van der Waals surface area (Å²) in [4.78, 5) is 10.6. The first kappa shape index (κ1) is 12.8. The summed E-state index contributed by atoms with van der Waals surface area (Å²) in [6, 6.07) is 9.84. The molecule has 0 atom stereocenters. The highest BCUT2D eigenvalue weighted by Crippen LogP contribution is 2.36. The highest BCUT2D eigenvalue weighted by Gasteiger charge is 2.16. The highest BCUT2D eigenvalue weighted by molar-refractivity contribution is 6.99. The molecular formula is C12H6ClN3O3S. The molecule has 0 spiro atoms. The molecule has 0 saturated heterocycles. The van der Waals surface area contributed by atoms with Crippen LogP contribution in [0.25, 0.3) is 10.8 Å². The van der Waals surface area contributed by atoms with Crippen LogP contribution in [-0.2, 0) is 0 Å². The maximum atomic E-state index is 11.0. The summed E-state index contributed by atoms with van der Waals surface area (Å²) in [6.07, 6.45) is 0. The number of rotatable bonds is 3. The number of aromatic nitrogens is 2. The topological polar surface area (TPSA) is 78.2 Å². The Bertz CT molecular complexity index is 805. The second-order valence-electron chi connectivity index (χ2n) is 3.85. The number of non-ortho nitro benzene ring substituents is 1.